The molecule has 1 aliphatic heterocycles. The fourth-order valence-corrected chi connectivity index (χ4v) is 2.46. The minimum atomic E-state index is -0.184. The summed E-state index contributed by atoms with van der Waals surface area (Å²) >= 11 is 6.77. The Hall–Kier alpha value is -1.72. The van der Waals surface area contributed by atoms with Crippen molar-refractivity contribution in [2.24, 2.45) is 4.99 Å². The highest BCUT2D eigenvalue weighted by Gasteiger charge is 2.20. The summed E-state index contributed by atoms with van der Waals surface area (Å²) in [7, 11) is 0. The number of hydrogen-bond donors (Lipinski definition) is 1. The molecule has 104 valence electrons. The van der Waals surface area contributed by atoms with Gasteiger partial charge in [0.1, 0.15) is 11.5 Å². The van der Waals surface area contributed by atoms with Crippen LogP contribution in [0.3, 0.4) is 0 Å². The highest BCUT2D eigenvalue weighted by Crippen LogP contribution is 2.18. The molecule has 3 rings (SSSR count). The molecule has 1 N–H and O–H groups in total. The molecule has 21 heavy (non-hydrogen) atoms. The van der Waals surface area contributed by atoms with Gasteiger partial charge in [0, 0.05) is 14.5 Å². The fourth-order valence-electron chi connectivity index (χ4n) is 1.93. The van der Waals surface area contributed by atoms with Crippen molar-refractivity contribution in [3.63, 3.8) is 0 Å². The standard InChI is InChI=1S/C16H10Br2N2O/c17-12-5-1-10(2-6-12)9-14-16(21)20-15(19-14)11-3-7-13(18)8-4-11/h1-9H,(H,19,20,21)/b14-9-. The molecule has 0 atom stereocenters. The highest BCUT2D eigenvalue weighted by atomic mass is 79.9. The van der Waals surface area contributed by atoms with Gasteiger partial charge < -0.3 is 5.32 Å². The number of amides is 1. The normalized spacial score (nSPS) is 16.0. The topological polar surface area (TPSA) is 41.5 Å². The first kappa shape index (κ1) is 14.2. The zero-order chi connectivity index (χ0) is 14.8. The average Bonchev–Trinajstić information content (AvgIpc) is 2.83. The molecule has 5 heteroatoms. The molecule has 0 spiro atoms. The van der Waals surface area contributed by atoms with Crippen molar-refractivity contribution in [2.75, 3.05) is 0 Å². The maximum absolute atomic E-state index is 12.0. The Kier molecular flexibility index (Phi) is 4.03. The summed E-state index contributed by atoms with van der Waals surface area (Å²) in [4.78, 5) is 16.4. The molecule has 0 radical (unpaired) electrons. The molecule has 0 aromatic heterocycles. The lowest BCUT2D eigenvalue weighted by molar-refractivity contribution is -0.115. The van der Waals surface area contributed by atoms with Crippen LogP contribution in [0, 0.1) is 0 Å². The molecule has 1 amide bonds. The van der Waals surface area contributed by atoms with Gasteiger partial charge in [-0.05, 0) is 35.9 Å². The van der Waals surface area contributed by atoms with E-state index in [0.29, 0.717) is 11.5 Å². The number of halogens is 2. The number of nitrogens with one attached hydrogen (secondary N) is 1. The van der Waals surface area contributed by atoms with Gasteiger partial charge in [-0.1, -0.05) is 56.1 Å². The van der Waals surface area contributed by atoms with Gasteiger partial charge >= 0.3 is 0 Å². The van der Waals surface area contributed by atoms with Crippen LogP contribution in [0.25, 0.3) is 6.08 Å². The van der Waals surface area contributed by atoms with Crippen molar-refractivity contribution in [3.05, 3.63) is 74.3 Å². The van der Waals surface area contributed by atoms with Crippen LogP contribution in [-0.2, 0) is 4.79 Å². The fraction of sp³-hybridized carbons (Fsp3) is 0. The van der Waals surface area contributed by atoms with Gasteiger partial charge in [0.25, 0.3) is 5.91 Å². The van der Waals surface area contributed by atoms with Gasteiger partial charge in [-0.3, -0.25) is 4.79 Å². The van der Waals surface area contributed by atoms with Crippen LogP contribution >= 0.6 is 31.9 Å². The van der Waals surface area contributed by atoms with Crippen LogP contribution in [0.2, 0.25) is 0 Å². The van der Waals surface area contributed by atoms with Gasteiger partial charge in [0.15, 0.2) is 0 Å². The van der Waals surface area contributed by atoms with Gasteiger partial charge in [0.05, 0.1) is 0 Å². The maximum atomic E-state index is 12.0. The van der Waals surface area contributed by atoms with E-state index in [1.54, 1.807) is 6.08 Å². The van der Waals surface area contributed by atoms with Crippen LogP contribution in [-0.4, -0.2) is 11.7 Å². The maximum Gasteiger partial charge on any atom is 0.275 e. The van der Waals surface area contributed by atoms with Crippen LogP contribution in [0.5, 0.6) is 0 Å². The molecule has 0 fully saturated rings. The van der Waals surface area contributed by atoms with E-state index in [0.717, 1.165) is 20.1 Å². The molecule has 1 heterocycles. The third kappa shape index (κ3) is 3.31. The largest absolute Gasteiger partial charge is 0.305 e. The average molecular weight is 406 g/mol. The van der Waals surface area contributed by atoms with Crippen LogP contribution in [0.15, 0.2) is 68.2 Å². The molecule has 0 saturated carbocycles. The number of carbonyl (C=O) groups excluding carboxylic acids is 1. The van der Waals surface area contributed by atoms with E-state index in [1.165, 1.54) is 0 Å². The lowest BCUT2D eigenvalue weighted by Gasteiger charge is -1.99. The van der Waals surface area contributed by atoms with Gasteiger partial charge in [-0.2, -0.15) is 0 Å². The van der Waals surface area contributed by atoms with Crippen molar-refractivity contribution in [1.29, 1.82) is 0 Å². The van der Waals surface area contributed by atoms with E-state index in [1.807, 2.05) is 48.5 Å². The third-order valence-electron chi connectivity index (χ3n) is 2.99. The Labute approximate surface area is 139 Å². The Balaban J connectivity index is 1.91. The smallest absolute Gasteiger partial charge is 0.275 e. The zero-order valence-electron chi connectivity index (χ0n) is 10.8. The first-order valence-corrected chi connectivity index (χ1v) is 7.84. The Morgan fingerprint density at radius 3 is 2.10 bits per heavy atom. The minimum Gasteiger partial charge on any atom is -0.305 e. The molecule has 3 nitrogen and oxygen atoms in total. The van der Waals surface area contributed by atoms with Crippen LogP contribution in [0.1, 0.15) is 11.1 Å². The highest BCUT2D eigenvalue weighted by molar-refractivity contribution is 9.10. The molecular weight excluding hydrogens is 396 g/mol. The summed E-state index contributed by atoms with van der Waals surface area (Å²) in [6.45, 7) is 0. The minimum absolute atomic E-state index is 0.184. The predicted molar refractivity (Wildman–Crippen MR) is 90.9 cm³/mol. The summed E-state index contributed by atoms with van der Waals surface area (Å²) < 4.78 is 1.99. The lowest BCUT2D eigenvalue weighted by Crippen LogP contribution is -2.24. The predicted octanol–water partition coefficient (Wildman–Crippen LogP) is 4.13. The first-order valence-electron chi connectivity index (χ1n) is 6.25. The molecule has 0 bridgehead atoms. The third-order valence-corrected chi connectivity index (χ3v) is 4.05. The zero-order valence-corrected chi connectivity index (χ0v) is 14.0. The summed E-state index contributed by atoms with van der Waals surface area (Å²) in [5, 5.41) is 2.79. The lowest BCUT2D eigenvalue weighted by atomic mass is 10.2. The van der Waals surface area contributed by atoms with E-state index >= 15 is 0 Å². The van der Waals surface area contributed by atoms with E-state index in [9.17, 15) is 4.79 Å². The number of benzene rings is 2. The van der Waals surface area contributed by atoms with E-state index in [2.05, 4.69) is 42.2 Å². The molecule has 0 aliphatic carbocycles. The number of carbonyl (C=O) groups is 1. The Morgan fingerprint density at radius 1 is 0.905 bits per heavy atom. The molecule has 2 aromatic carbocycles. The van der Waals surface area contributed by atoms with Gasteiger partial charge in [-0.15, -0.1) is 0 Å². The number of rotatable bonds is 2. The SMILES string of the molecule is O=C1NC(c2ccc(Br)cc2)=N/C1=C\c1ccc(Br)cc1. The number of aliphatic imine (C=N–C) groups is 1. The molecular formula is C16H10Br2N2O. The monoisotopic (exact) mass is 404 g/mol. The second-order valence-electron chi connectivity index (χ2n) is 4.50. The van der Waals surface area contributed by atoms with Crippen molar-refractivity contribution < 1.29 is 4.79 Å². The number of amidine groups is 1. The molecule has 0 unspecified atom stereocenters. The van der Waals surface area contributed by atoms with Crippen molar-refractivity contribution in [1.82, 2.24) is 5.32 Å². The number of hydrogen-bond acceptors (Lipinski definition) is 2. The molecule has 2 aromatic rings. The van der Waals surface area contributed by atoms with Crippen molar-refractivity contribution >= 4 is 49.7 Å². The van der Waals surface area contributed by atoms with Gasteiger partial charge in [0.2, 0.25) is 0 Å². The van der Waals surface area contributed by atoms with Crippen molar-refractivity contribution in [3.8, 4) is 0 Å². The first-order chi connectivity index (χ1) is 10.1. The Bertz CT molecular complexity index is 747. The van der Waals surface area contributed by atoms with E-state index < -0.39 is 0 Å². The quantitative estimate of drug-likeness (QED) is 0.750. The second-order valence-corrected chi connectivity index (χ2v) is 6.33. The summed E-state index contributed by atoms with van der Waals surface area (Å²) in [6, 6.07) is 15.4. The molecule has 0 saturated heterocycles. The molecule has 1 aliphatic rings. The van der Waals surface area contributed by atoms with Gasteiger partial charge in [-0.25, -0.2) is 4.99 Å². The van der Waals surface area contributed by atoms with E-state index in [-0.39, 0.29) is 5.91 Å². The summed E-state index contributed by atoms with van der Waals surface area (Å²) in [6.07, 6.45) is 1.77. The second kappa shape index (κ2) is 5.95. The van der Waals surface area contributed by atoms with Crippen LogP contribution < -0.4 is 5.32 Å². The summed E-state index contributed by atoms with van der Waals surface area (Å²) in [5.41, 5.74) is 2.23. The number of nitrogens with zero attached hydrogens (tertiary/aromatic N) is 1. The Morgan fingerprint density at radius 2 is 1.48 bits per heavy atom. The van der Waals surface area contributed by atoms with Crippen LogP contribution in [0.4, 0.5) is 0 Å². The summed E-state index contributed by atoms with van der Waals surface area (Å²) in [5.74, 6) is 0.395. The van der Waals surface area contributed by atoms with E-state index in [4.69, 9.17) is 0 Å². The van der Waals surface area contributed by atoms with Crippen molar-refractivity contribution in [2.45, 2.75) is 0 Å².